The molecule has 1 aromatic carbocycles. The number of imide groups is 2. The molecule has 2 saturated heterocycles. The zero-order valence-corrected chi connectivity index (χ0v) is 16.9. The van der Waals surface area contributed by atoms with Gasteiger partial charge in [0, 0.05) is 18.9 Å². The summed E-state index contributed by atoms with van der Waals surface area (Å²) in [4.78, 5) is 74.9. The number of nitro groups is 1. The minimum Gasteiger partial charge on any atom is -0.322 e. The molecule has 164 valence electrons. The van der Waals surface area contributed by atoms with Gasteiger partial charge in [-0.1, -0.05) is 6.07 Å². The van der Waals surface area contributed by atoms with E-state index in [-0.39, 0.29) is 61.4 Å². The Morgan fingerprint density at radius 3 is 2.23 bits per heavy atom. The second-order valence-electron chi connectivity index (χ2n) is 7.28. The maximum Gasteiger partial charge on any atom is 0.275 e. The molecule has 2 fully saturated rings. The van der Waals surface area contributed by atoms with Gasteiger partial charge >= 0.3 is 0 Å². The molecule has 3 aliphatic rings. The van der Waals surface area contributed by atoms with Crippen molar-refractivity contribution in [1.82, 2.24) is 14.9 Å². The van der Waals surface area contributed by atoms with E-state index in [4.69, 9.17) is 5.73 Å². The predicted molar refractivity (Wildman–Crippen MR) is 104 cm³/mol. The molecule has 13 heteroatoms. The number of halogens is 1. The van der Waals surface area contributed by atoms with E-state index in [2.05, 4.69) is 0 Å². The van der Waals surface area contributed by atoms with Gasteiger partial charge in [-0.25, -0.2) is 0 Å². The van der Waals surface area contributed by atoms with E-state index in [0.717, 1.165) is 4.90 Å². The van der Waals surface area contributed by atoms with Crippen molar-refractivity contribution in [1.29, 1.82) is 0 Å². The van der Waals surface area contributed by atoms with Gasteiger partial charge in [-0.15, -0.1) is 12.4 Å². The number of nitro benzene ring substituents is 1. The number of hydrazine groups is 1. The lowest BCUT2D eigenvalue weighted by atomic mass is 10.0. The SMILES string of the molecule is Cl.NC1CCC(=O)N(N2C(=O)CCC(N3Cc4c(cccc4[N+](=O)[O-])C3=O)C2=O)C1=O. The summed E-state index contributed by atoms with van der Waals surface area (Å²) in [6.07, 6.45) is -0.207. The van der Waals surface area contributed by atoms with Crippen LogP contribution >= 0.6 is 12.4 Å². The zero-order valence-electron chi connectivity index (χ0n) is 16.1. The van der Waals surface area contributed by atoms with Crippen LogP contribution in [-0.2, 0) is 25.7 Å². The first kappa shape index (κ1) is 22.3. The molecule has 3 aliphatic heterocycles. The van der Waals surface area contributed by atoms with E-state index in [1.807, 2.05) is 0 Å². The van der Waals surface area contributed by atoms with E-state index in [1.54, 1.807) is 0 Å². The lowest BCUT2D eigenvalue weighted by molar-refractivity contribution is -0.385. The molecule has 0 spiro atoms. The third-order valence-electron chi connectivity index (χ3n) is 5.54. The van der Waals surface area contributed by atoms with Crippen LogP contribution in [0.15, 0.2) is 18.2 Å². The second kappa shape index (κ2) is 8.04. The molecule has 12 nitrogen and oxygen atoms in total. The van der Waals surface area contributed by atoms with Crippen LogP contribution in [0, 0.1) is 10.1 Å². The highest BCUT2D eigenvalue weighted by atomic mass is 35.5. The number of fused-ring (bicyclic) bond motifs is 1. The van der Waals surface area contributed by atoms with Crippen molar-refractivity contribution < 1.29 is 28.9 Å². The lowest BCUT2D eigenvalue weighted by Crippen LogP contribution is -2.66. The van der Waals surface area contributed by atoms with Crippen molar-refractivity contribution in [3.05, 3.63) is 39.4 Å². The smallest absolute Gasteiger partial charge is 0.275 e. The Kier molecular flexibility index (Phi) is 5.79. The van der Waals surface area contributed by atoms with Gasteiger partial charge in [0.2, 0.25) is 11.8 Å². The van der Waals surface area contributed by atoms with Gasteiger partial charge in [-0.2, -0.15) is 10.0 Å². The van der Waals surface area contributed by atoms with Gasteiger partial charge in [0.05, 0.1) is 28.6 Å². The van der Waals surface area contributed by atoms with Gasteiger partial charge in [0.25, 0.3) is 23.4 Å². The highest BCUT2D eigenvalue weighted by Gasteiger charge is 2.49. The third kappa shape index (κ3) is 3.43. The van der Waals surface area contributed by atoms with Crippen LogP contribution < -0.4 is 5.73 Å². The Labute approximate surface area is 181 Å². The number of hydrogen-bond donors (Lipinski definition) is 1. The van der Waals surface area contributed by atoms with Crippen molar-refractivity contribution >= 4 is 47.6 Å². The highest BCUT2D eigenvalue weighted by molar-refractivity contribution is 6.10. The summed E-state index contributed by atoms with van der Waals surface area (Å²) in [5.41, 5.74) is 5.73. The first-order valence-electron chi connectivity index (χ1n) is 9.28. The van der Waals surface area contributed by atoms with Crippen molar-refractivity contribution in [2.24, 2.45) is 5.73 Å². The molecular formula is C18H18ClN5O7. The summed E-state index contributed by atoms with van der Waals surface area (Å²) in [6.45, 7) is -0.189. The molecule has 0 aromatic heterocycles. The molecule has 1 aromatic rings. The van der Waals surface area contributed by atoms with Crippen LogP contribution in [0.3, 0.4) is 0 Å². The Morgan fingerprint density at radius 1 is 0.968 bits per heavy atom. The fourth-order valence-corrected chi connectivity index (χ4v) is 4.01. The number of nitrogens with two attached hydrogens (primary N) is 1. The van der Waals surface area contributed by atoms with Gasteiger partial charge in [0.1, 0.15) is 6.04 Å². The van der Waals surface area contributed by atoms with Gasteiger partial charge in [-0.05, 0) is 18.9 Å². The first-order valence-corrected chi connectivity index (χ1v) is 9.28. The minimum atomic E-state index is -1.15. The van der Waals surface area contributed by atoms with Crippen LogP contribution in [0.25, 0.3) is 0 Å². The zero-order chi connectivity index (χ0) is 21.7. The van der Waals surface area contributed by atoms with E-state index < -0.39 is 46.5 Å². The van der Waals surface area contributed by atoms with Crippen LogP contribution in [-0.4, -0.2) is 61.5 Å². The molecule has 0 aliphatic carbocycles. The molecular weight excluding hydrogens is 434 g/mol. The molecule has 4 rings (SSSR count). The number of carbonyl (C=O) groups excluding carboxylic acids is 5. The van der Waals surface area contributed by atoms with Gasteiger partial charge in [-0.3, -0.25) is 34.1 Å². The monoisotopic (exact) mass is 451 g/mol. The number of hydrogen-bond acceptors (Lipinski definition) is 8. The van der Waals surface area contributed by atoms with Crippen molar-refractivity contribution in [2.45, 2.75) is 44.3 Å². The lowest BCUT2D eigenvalue weighted by Gasteiger charge is -2.41. The minimum absolute atomic E-state index is 0. The number of amides is 5. The third-order valence-corrected chi connectivity index (χ3v) is 5.54. The van der Waals surface area contributed by atoms with Gasteiger partial charge < -0.3 is 10.6 Å². The van der Waals surface area contributed by atoms with E-state index in [0.29, 0.717) is 10.0 Å². The highest BCUT2D eigenvalue weighted by Crippen LogP contribution is 2.34. The Balaban J connectivity index is 0.00000272. The van der Waals surface area contributed by atoms with Crippen molar-refractivity contribution in [3.63, 3.8) is 0 Å². The van der Waals surface area contributed by atoms with Gasteiger partial charge in [0.15, 0.2) is 0 Å². The molecule has 3 heterocycles. The van der Waals surface area contributed by atoms with Crippen molar-refractivity contribution in [2.75, 3.05) is 0 Å². The standard InChI is InChI=1S/C18H17N5O7.ClH/c19-11-4-6-14(24)21(17(11)27)22-15(25)7-5-13(18(22)28)20-8-10-9(16(20)26)2-1-3-12(10)23(29)30;/h1-3,11,13H,4-8,19H2;1H. The number of carbonyl (C=O) groups is 5. The predicted octanol–water partition coefficient (Wildman–Crippen LogP) is -0.119. The topological polar surface area (TPSA) is 164 Å². The van der Waals surface area contributed by atoms with Crippen LogP contribution in [0.4, 0.5) is 5.69 Å². The average molecular weight is 452 g/mol. The molecule has 0 saturated carbocycles. The number of nitrogens with zero attached hydrogens (tertiary/aromatic N) is 4. The quantitative estimate of drug-likeness (QED) is 0.377. The largest absolute Gasteiger partial charge is 0.322 e. The number of piperidine rings is 2. The Hall–Kier alpha value is -3.38. The average Bonchev–Trinajstić information content (AvgIpc) is 3.04. The summed E-state index contributed by atoms with van der Waals surface area (Å²) in [7, 11) is 0. The normalized spacial score (nSPS) is 23.8. The fourth-order valence-electron chi connectivity index (χ4n) is 4.01. The fraction of sp³-hybridized carbons (Fsp3) is 0.389. The Bertz CT molecular complexity index is 1030. The maximum atomic E-state index is 13.1. The molecule has 2 N–H and O–H groups in total. The summed E-state index contributed by atoms with van der Waals surface area (Å²) < 4.78 is 0. The molecule has 2 unspecified atom stereocenters. The summed E-state index contributed by atoms with van der Waals surface area (Å²) in [6, 6.07) is 1.89. The first-order chi connectivity index (χ1) is 14.2. The van der Waals surface area contributed by atoms with E-state index >= 15 is 0 Å². The van der Waals surface area contributed by atoms with Crippen molar-refractivity contribution in [3.8, 4) is 0 Å². The van der Waals surface area contributed by atoms with Crippen LogP contribution in [0.5, 0.6) is 0 Å². The van der Waals surface area contributed by atoms with E-state index in [9.17, 15) is 34.1 Å². The van der Waals surface area contributed by atoms with Crippen LogP contribution in [0.2, 0.25) is 0 Å². The summed E-state index contributed by atoms with van der Waals surface area (Å²) in [5.74, 6) is -3.83. The summed E-state index contributed by atoms with van der Waals surface area (Å²) in [5, 5.41) is 12.2. The maximum absolute atomic E-state index is 13.1. The number of benzene rings is 1. The van der Waals surface area contributed by atoms with E-state index in [1.165, 1.54) is 18.2 Å². The molecule has 2 atom stereocenters. The number of rotatable bonds is 3. The second-order valence-corrected chi connectivity index (χ2v) is 7.28. The molecule has 0 radical (unpaired) electrons. The Morgan fingerprint density at radius 2 is 1.58 bits per heavy atom. The molecule has 31 heavy (non-hydrogen) atoms. The van der Waals surface area contributed by atoms with Crippen LogP contribution in [0.1, 0.15) is 41.6 Å². The molecule has 0 bridgehead atoms. The summed E-state index contributed by atoms with van der Waals surface area (Å²) >= 11 is 0. The molecule has 5 amide bonds.